The molecule has 0 aromatic heterocycles. The average molecular weight is 235 g/mol. The van der Waals surface area contributed by atoms with Crippen molar-refractivity contribution in [3.05, 3.63) is 29.8 Å². The van der Waals surface area contributed by atoms with Gasteiger partial charge in [-0.25, -0.2) is 4.79 Å². The van der Waals surface area contributed by atoms with E-state index in [1.807, 2.05) is 31.3 Å². The zero-order valence-electron chi connectivity index (χ0n) is 10.5. The van der Waals surface area contributed by atoms with Crippen LogP contribution >= 0.6 is 0 Å². The Bertz CT molecular complexity index is 352. The third kappa shape index (κ3) is 4.87. The number of unbranched alkanes of at least 4 members (excludes halogenated alkanes) is 1. The van der Waals surface area contributed by atoms with E-state index in [-0.39, 0.29) is 6.03 Å². The molecule has 0 bridgehead atoms. The minimum atomic E-state index is -0.137. The minimum absolute atomic E-state index is 0.137. The van der Waals surface area contributed by atoms with Crippen LogP contribution in [0.4, 0.5) is 10.5 Å². The highest BCUT2D eigenvalue weighted by molar-refractivity contribution is 5.90. The van der Waals surface area contributed by atoms with Crippen molar-refractivity contribution in [2.75, 3.05) is 18.9 Å². The van der Waals surface area contributed by atoms with Gasteiger partial charge in [0.15, 0.2) is 0 Å². The van der Waals surface area contributed by atoms with Gasteiger partial charge in [-0.15, -0.1) is 0 Å². The van der Waals surface area contributed by atoms with Crippen LogP contribution in [0.3, 0.4) is 0 Å². The summed E-state index contributed by atoms with van der Waals surface area (Å²) in [4.78, 5) is 11.6. The van der Waals surface area contributed by atoms with Crippen LogP contribution in [0.1, 0.15) is 25.3 Å². The van der Waals surface area contributed by atoms with Gasteiger partial charge in [0.1, 0.15) is 0 Å². The second-order valence-electron chi connectivity index (χ2n) is 3.92. The Labute approximate surface area is 103 Å². The summed E-state index contributed by atoms with van der Waals surface area (Å²) >= 11 is 0. The minimum Gasteiger partial charge on any atom is -0.338 e. The maximum atomic E-state index is 11.6. The molecule has 0 saturated heterocycles. The molecule has 0 radical (unpaired) electrons. The van der Waals surface area contributed by atoms with Gasteiger partial charge in [-0.3, -0.25) is 0 Å². The Kier molecular flexibility index (Phi) is 6.10. The van der Waals surface area contributed by atoms with Gasteiger partial charge >= 0.3 is 6.03 Å². The highest BCUT2D eigenvalue weighted by atomic mass is 16.2. The molecule has 17 heavy (non-hydrogen) atoms. The molecule has 0 aliphatic heterocycles. The largest absolute Gasteiger partial charge is 0.338 e. The van der Waals surface area contributed by atoms with Crippen LogP contribution in [-0.2, 0) is 6.54 Å². The zero-order chi connectivity index (χ0) is 12.5. The zero-order valence-corrected chi connectivity index (χ0v) is 10.5. The van der Waals surface area contributed by atoms with Crippen molar-refractivity contribution < 1.29 is 4.79 Å². The molecular formula is C13H21N3O. The van der Waals surface area contributed by atoms with Crippen LogP contribution in [0.2, 0.25) is 0 Å². The average Bonchev–Trinajstić information content (AvgIpc) is 2.32. The van der Waals surface area contributed by atoms with Crippen molar-refractivity contribution in [1.29, 1.82) is 0 Å². The smallest absolute Gasteiger partial charge is 0.319 e. The molecule has 0 aliphatic rings. The molecule has 0 saturated carbocycles. The number of urea groups is 1. The molecule has 4 nitrogen and oxygen atoms in total. The predicted molar refractivity (Wildman–Crippen MR) is 71.1 cm³/mol. The molecule has 0 spiro atoms. The van der Waals surface area contributed by atoms with Gasteiger partial charge in [0, 0.05) is 18.8 Å². The van der Waals surface area contributed by atoms with Crippen molar-refractivity contribution in [2.45, 2.75) is 26.3 Å². The van der Waals surface area contributed by atoms with E-state index in [1.165, 1.54) is 0 Å². The van der Waals surface area contributed by atoms with E-state index < -0.39 is 0 Å². The third-order valence-corrected chi connectivity index (χ3v) is 2.45. The van der Waals surface area contributed by atoms with Crippen molar-refractivity contribution >= 4 is 11.7 Å². The van der Waals surface area contributed by atoms with E-state index in [2.05, 4.69) is 22.9 Å². The monoisotopic (exact) mass is 235 g/mol. The second kappa shape index (κ2) is 7.68. The number of carbonyl (C=O) groups excluding carboxylic acids is 1. The fourth-order valence-corrected chi connectivity index (χ4v) is 1.53. The summed E-state index contributed by atoms with van der Waals surface area (Å²) in [6, 6.07) is 7.65. The van der Waals surface area contributed by atoms with Crippen molar-refractivity contribution in [2.24, 2.45) is 0 Å². The van der Waals surface area contributed by atoms with Gasteiger partial charge in [-0.05, 0) is 25.1 Å². The van der Waals surface area contributed by atoms with Gasteiger partial charge in [-0.1, -0.05) is 31.5 Å². The van der Waals surface area contributed by atoms with Crippen molar-refractivity contribution in [3.63, 3.8) is 0 Å². The molecule has 0 heterocycles. The number of carbonyl (C=O) groups is 1. The molecule has 4 heteroatoms. The van der Waals surface area contributed by atoms with E-state index in [0.717, 1.165) is 37.2 Å². The molecule has 1 aromatic rings. The Hall–Kier alpha value is -1.55. The molecule has 1 rings (SSSR count). The van der Waals surface area contributed by atoms with Crippen molar-refractivity contribution in [3.8, 4) is 0 Å². The maximum Gasteiger partial charge on any atom is 0.319 e. The Morgan fingerprint density at radius 1 is 1.29 bits per heavy atom. The summed E-state index contributed by atoms with van der Waals surface area (Å²) in [6.45, 7) is 3.56. The molecular weight excluding hydrogens is 214 g/mol. The fourth-order valence-electron chi connectivity index (χ4n) is 1.53. The molecule has 0 aliphatic carbocycles. The lowest BCUT2D eigenvalue weighted by Crippen LogP contribution is -2.30. The highest BCUT2D eigenvalue weighted by Gasteiger charge is 2.04. The van der Waals surface area contributed by atoms with E-state index in [9.17, 15) is 4.79 Å². The van der Waals surface area contributed by atoms with Gasteiger partial charge in [0.2, 0.25) is 0 Å². The lowest BCUT2D eigenvalue weighted by atomic mass is 10.2. The molecule has 0 fully saturated rings. The summed E-state index contributed by atoms with van der Waals surface area (Å²) in [5, 5.41) is 8.77. The Morgan fingerprint density at radius 3 is 2.76 bits per heavy atom. The number of hydrogen-bond donors (Lipinski definition) is 3. The number of anilines is 1. The normalized spacial score (nSPS) is 10.0. The first kappa shape index (κ1) is 13.5. The molecule has 0 unspecified atom stereocenters. The molecule has 3 N–H and O–H groups in total. The first-order valence-corrected chi connectivity index (χ1v) is 6.05. The highest BCUT2D eigenvalue weighted by Crippen LogP contribution is 2.14. The maximum absolute atomic E-state index is 11.6. The topological polar surface area (TPSA) is 53.2 Å². The summed E-state index contributed by atoms with van der Waals surface area (Å²) in [6.07, 6.45) is 2.09. The van der Waals surface area contributed by atoms with Crippen LogP contribution < -0.4 is 16.0 Å². The molecule has 94 valence electrons. The van der Waals surface area contributed by atoms with E-state index in [4.69, 9.17) is 0 Å². The number of nitrogens with one attached hydrogen (secondary N) is 3. The molecule has 2 amide bonds. The number of benzene rings is 1. The predicted octanol–water partition coefficient (Wildman–Crippen LogP) is 2.33. The van der Waals surface area contributed by atoms with Crippen LogP contribution in [-0.4, -0.2) is 19.6 Å². The van der Waals surface area contributed by atoms with Crippen LogP contribution in [0, 0.1) is 0 Å². The van der Waals surface area contributed by atoms with Gasteiger partial charge in [0.25, 0.3) is 0 Å². The summed E-state index contributed by atoms with van der Waals surface area (Å²) in [5.41, 5.74) is 1.94. The lowest BCUT2D eigenvalue weighted by Gasteiger charge is -2.11. The Balaban J connectivity index is 2.52. The lowest BCUT2D eigenvalue weighted by molar-refractivity contribution is 0.252. The first-order valence-electron chi connectivity index (χ1n) is 6.05. The number of para-hydroxylation sites is 1. The SMILES string of the molecule is CCCCNC(=O)Nc1ccccc1CNC. The third-order valence-electron chi connectivity index (χ3n) is 2.45. The molecule has 0 atom stereocenters. The van der Waals surface area contributed by atoms with Gasteiger partial charge in [0.05, 0.1) is 0 Å². The summed E-state index contributed by atoms with van der Waals surface area (Å²) in [5.74, 6) is 0. The van der Waals surface area contributed by atoms with Crippen LogP contribution in [0.5, 0.6) is 0 Å². The second-order valence-corrected chi connectivity index (χ2v) is 3.92. The summed E-state index contributed by atoms with van der Waals surface area (Å²) < 4.78 is 0. The van der Waals surface area contributed by atoms with Crippen LogP contribution in [0.15, 0.2) is 24.3 Å². The van der Waals surface area contributed by atoms with E-state index in [1.54, 1.807) is 0 Å². The van der Waals surface area contributed by atoms with Gasteiger partial charge in [-0.2, -0.15) is 0 Å². The molecule has 1 aromatic carbocycles. The van der Waals surface area contributed by atoms with Gasteiger partial charge < -0.3 is 16.0 Å². The quantitative estimate of drug-likeness (QED) is 0.663. The summed E-state index contributed by atoms with van der Waals surface area (Å²) in [7, 11) is 1.89. The first-order chi connectivity index (χ1) is 8.27. The van der Waals surface area contributed by atoms with E-state index in [0.29, 0.717) is 0 Å². The standard InChI is InChI=1S/C13H21N3O/c1-3-4-9-15-13(17)16-12-8-6-5-7-11(12)10-14-2/h5-8,14H,3-4,9-10H2,1-2H3,(H2,15,16,17). The fraction of sp³-hybridized carbons (Fsp3) is 0.462. The number of rotatable bonds is 6. The number of amides is 2. The van der Waals surface area contributed by atoms with Crippen LogP contribution in [0.25, 0.3) is 0 Å². The number of hydrogen-bond acceptors (Lipinski definition) is 2. The van der Waals surface area contributed by atoms with Crippen molar-refractivity contribution in [1.82, 2.24) is 10.6 Å². The Morgan fingerprint density at radius 2 is 2.06 bits per heavy atom. The van der Waals surface area contributed by atoms with E-state index >= 15 is 0 Å².